The molecule has 2 heterocycles. The number of carbonyl (C=O) groups excluding carboxylic acids is 1. The third-order valence-electron chi connectivity index (χ3n) is 4.51. The summed E-state index contributed by atoms with van der Waals surface area (Å²) in [4.78, 5) is 20.9. The Morgan fingerprint density at radius 2 is 1.85 bits per heavy atom. The first kappa shape index (κ1) is 18.5. The fourth-order valence-corrected chi connectivity index (χ4v) is 3.00. The van der Waals surface area contributed by atoms with Crippen molar-refractivity contribution >= 4 is 11.7 Å². The van der Waals surface area contributed by atoms with Crippen molar-refractivity contribution in [3.05, 3.63) is 72.1 Å². The Balaban J connectivity index is 1.49. The molecule has 138 valence electrons. The van der Waals surface area contributed by atoms with Crippen LogP contribution < -0.4 is 10.2 Å². The summed E-state index contributed by atoms with van der Waals surface area (Å²) in [6, 6.07) is 17.8. The molecule has 0 atom stereocenters. The van der Waals surface area contributed by atoms with Gasteiger partial charge in [-0.25, -0.2) is 4.98 Å². The zero-order chi connectivity index (χ0) is 18.9. The van der Waals surface area contributed by atoms with Crippen molar-refractivity contribution < 1.29 is 4.79 Å². The van der Waals surface area contributed by atoms with Gasteiger partial charge in [0.1, 0.15) is 17.5 Å². The second-order valence-electron chi connectivity index (χ2n) is 6.36. The molecule has 1 amide bonds. The van der Waals surface area contributed by atoms with E-state index in [4.69, 9.17) is 0 Å². The van der Waals surface area contributed by atoms with Crippen LogP contribution in [0.3, 0.4) is 0 Å². The Bertz CT molecular complexity index is 805. The van der Waals surface area contributed by atoms with Gasteiger partial charge < -0.3 is 15.1 Å². The number of benzene rings is 1. The van der Waals surface area contributed by atoms with Crippen LogP contribution in [0, 0.1) is 11.3 Å². The van der Waals surface area contributed by atoms with E-state index in [1.54, 1.807) is 12.4 Å². The summed E-state index contributed by atoms with van der Waals surface area (Å²) in [6.07, 6.45) is 4.21. The van der Waals surface area contributed by atoms with Crippen molar-refractivity contribution in [3.8, 4) is 6.07 Å². The molecule has 6 nitrogen and oxygen atoms in total. The molecule has 0 saturated carbocycles. The topological polar surface area (TPSA) is 72.3 Å². The predicted octanol–water partition coefficient (Wildman–Crippen LogP) is 1.97. The lowest BCUT2D eigenvalue weighted by atomic mass is 10.1. The minimum Gasteiger partial charge on any atom is -0.373 e. The highest BCUT2D eigenvalue weighted by Gasteiger charge is 2.18. The van der Waals surface area contributed by atoms with Crippen molar-refractivity contribution in [2.45, 2.75) is 6.42 Å². The number of nitrogens with zero attached hydrogens (tertiary/aromatic N) is 4. The van der Waals surface area contributed by atoms with E-state index in [9.17, 15) is 10.1 Å². The Morgan fingerprint density at radius 1 is 1.11 bits per heavy atom. The predicted molar refractivity (Wildman–Crippen MR) is 105 cm³/mol. The van der Waals surface area contributed by atoms with E-state index in [-0.39, 0.29) is 11.5 Å². The lowest BCUT2D eigenvalue weighted by Crippen LogP contribution is -2.44. The van der Waals surface area contributed by atoms with E-state index >= 15 is 0 Å². The molecule has 0 aliphatic carbocycles. The fourth-order valence-electron chi connectivity index (χ4n) is 3.00. The molecule has 1 aromatic carbocycles. The fraction of sp³-hybridized carbons (Fsp3) is 0.286. The minimum absolute atomic E-state index is 0.148. The molecule has 1 saturated heterocycles. The molecular weight excluding hydrogens is 338 g/mol. The molecule has 0 spiro atoms. The molecule has 27 heavy (non-hydrogen) atoms. The number of nitriles is 1. The summed E-state index contributed by atoms with van der Waals surface area (Å²) in [6.45, 7) is 3.62. The van der Waals surface area contributed by atoms with Gasteiger partial charge in [-0.1, -0.05) is 36.4 Å². The highest BCUT2D eigenvalue weighted by atomic mass is 16.1. The number of hydrogen-bond acceptors (Lipinski definition) is 5. The third kappa shape index (κ3) is 5.32. The van der Waals surface area contributed by atoms with E-state index < -0.39 is 0 Å². The first-order valence-corrected chi connectivity index (χ1v) is 9.10. The number of hydrogen-bond donors (Lipinski definition) is 1. The van der Waals surface area contributed by atoms with Crippen LogP contribution >= 0.6 is 0 Å². The van der Waals surface area contributed by atoms with Gasteiger partial charge in [-0.05, 0) is 24.1 Å². The summed E-state index contributed by atoms with van der Waals surface area (Å²) in [5.41, 5.74) is 1.31. The number of nitrogens with one attached hydrogen (secondary N) is 1. The molecule has 1 aromatic heterocycles. The number of amides is 1. The van der Waals surface area contributed by atoms with Gasteiger partial charge in [0.15, 0.2) is 0 Å². The SMILES string of the molecule is N#C/C(=C/N1CCN(c2ccccn2)CC1)C(=O)NCCc1ccccc1. The van der Waals surface area contributed by atoms with Crippen LogP contribution in [0.15, 0.2) is 66.5 Å². The average Bonchev–Trinajstić information content (AvgIpc) is 2.74. The quantitative estimate of drug-likeness (QED) is 0.629. The maximum absolute atomic E-state index is 12.3. The average molecular weight is 361 g/mol. The molecule has 2 aromatic rings. The second kappa shape index (κ2) is 9.39. The number of carbonyl (C=O) groups is 1. The van der Waals surface area contributed by atoms with Crippen LogP contribution in [0.2, 0.25) is 0 Å². The third-order valence-corrected chi connectivity index (χ3v) is 4.51. The summed E-state index contributed by atoms with van der Waals surface area (Å²) < 4.78 is 0. The van der Waals surface area contributed by atoms with Crippen molar-refractivity contribution in [2.24, 2.45) is 0 Å². The van der Waals surface area contributed by atoms with Crippen LogP contribution in [0.25, 0.3) is 0 Å². The largest absolute Gasteiger partial charge is 0.373 e. The maximum Gasteiger partial charge on any atom is 0.263 e. The molecular formula is C21H23N5O. The van der Waals surface area contributed by atoms with E-state index in [1.807, 2.05) is 59.5 Å². The van der Waals surface area contributed by atoms with Gasteiger partial charge in [-0.2, -0.15) is 5.26 Å². The first-order valence-electron chi connectivity index (χ1n) is 9.10. The zero-order valence-corrected chi connectivity index (χ0v) is 15.2. The summed E-state index contributed by atoms with van der Waals surface area (Å²) in [7, 11) is 0. The van der Waals surface area contributed by atoms with Gasteiger partial charge in [0.05, 0.1) is 0 Å². The van der Waals surface area contributed by atoms with E-state index in [1.165, 1.54) is 0 Å². The van der Waals surface area contributed by atoms with Crippen LogP contribution in [-0.4, -0.2) is 48.5 Å². The smallest absolute Gasteiger partial charge is 0.263 e. The molecule has 6 heteroatoms. The molecule has 1 fully saturated rings. The Morgan fingerprint density at radius 3 is 2.52 bits per heavy atom. The number of anilines is 1. The lowest BCUT2D eigenvalue weighted by Gasteiger charge is -2.34. The van der Waals surface area contributed by atoms with Crippen LogP contribution in [0.1, 0.15) is 5.56 Å². The van der Waals surface area contributed by atoms with Gasteiger partial charge in [0, 0.05) is 45.1 Å². The first-order chi connectivity index (χ1) is 13.3. The van der Waals surface area contributed by atoms with E-state index in [0.717, 1.165) is 44.0 Å². The van der Waals surface area contributed by atoms with Crippen LogP contribution in [0.4, 0.5) is 5.82 Å². The van der Waals surface area contributed by atoms with Crippen molar-refractivity contribution in [2.75, 3.05) is 37.6 Å². The van der Waals surface area contributed by atoms with Crippen molar-refractivity contribution in [1.82, 2.24) is 15.2 Å². The summed E-state index contributed by atoms with van der Waals surface area (Å²) in [5, 5.41) is 12.2. The van der Waals surface area contributed by atoms with Crippen LogP contribution in [-0.2, 0) is 11.2 Å². The molecule has 0 bridgehead atoms. The number of rotatable bonds is 6. The number of aromatic nitrogens is 1. The van der Waals surface area contributed by atoms with Gasteiger partial charge in [-0.3, -0.25) is 4.79 Å². The highest BCUT2D eigenvalue weighted by molar-refractivity contribution is 5.97. The standard InChI is InChI=1S/C21H23N5O/c22-16-19(21(27)24-11-9-18-6-2-1-3-7-18)17-25-12-14-26(15-13-25)20-8-4-5-10-23-20/h1-8,10,17H,9,11-15H2,(H,24,27)/b19-17-. The van der Waals surface area contributed by atoms with Gasteiger partial charge in [0.25, 0.3) is 5.91 Å². The Hall–Kier alpha value is -3.33. The molecule has 0 unspecified atom stereocenters. The summed E-state index contributed by atoms with van der Waals surface area (Å²) in [5.74, 6) is 0.640. The molecule has 3 rings (SSSR count). The van der Waals surface area contributed by atoms with Gasteiger partial charge in [0.2, 0.25) is 0 Å². The number of piperazine rings is 1. The lowest BCUT2D eigenvalue weighted by molar-refractivity contribution is -0.117. The monoisotopic (exact) mass is 361 g/mol. The van der Waals surface area contributed by atoms with E-state index in [0.29, 0.717) is 6.54 Å². The highest BCUT2D eigenvalue weighted by Crippen LogP contribution is 2.13. The normalized spacial score (nSPS) is 14.6. The molecule has 1 aliphatic rings. The van der Waals surface area contributed by atoms with E-state index in [2.05, 4.69) is 15.2 Å². The number of pyridine rings is 1. The Labute approximate surface area is 159 Å². The minimum atomic E-state index is -0.319. The van der Waals surface area contributed by atoms with Crippen molar-refractivity contribution in [1.29, 1.82) is 5.26 Å². The van der Waals surface area contributed by atoms with Crippen molar-refractivity contribution in [3.63, 3.8) is 0 Å². The molecule has 0 radical (unpaired) electrons. The zero-order valence-electron chi connectivity index (χ0n) is 15.2. The maximum atomic E-state index is 12.3. The molecule has 1 N–H and O–H groups in total. The van der Waals surface area contributed by atoms with Crippen LogP contribution in [0.5, 0.6) is 0 Å². The van der Waals surface area contributed by atoms with Gasteiger partial charge >= 0.3 is 0 Å². The second-order valence-corrected chi connectivity index (χ2v) is 6.36. The summed E-state index contributed by atoms with van der Waals surface area (Å²) >= 11 is 0. The van der Waals surface area contributed by atoms with Gasteiger partial charge in [-0.15, -0.1) is 0 Å². The molecule has 1 aliphatic heterocycles. The Kier molecular flexibility index (Phi) is 6.42.